The topological polar surface area (TPSA) is 156 Å². The Bertz CT molecular complexity index is 913. The van der Waals surface area contributed by atoms with Gasteiger partial charge in [-0.15, -0.1) is 0 Å². The summed E-state index contributed by atoms with van der Waals surface area (Å²) in [5.41, 5.74) is 28.1. The molecule has 4 rings (SSSR count). The smallest absolute Gasteiger partial charge is 0.0907 e. The predicted molar refractivity (Wildman–Crippen MR) is 113 cm³/mol. The third kappa shape index (κ3) is 6.22. The average molecular weight is 474 g/mol. The Morgan fingerprint density at radius 1 is 0.414 bits per heavy atom. The molecular formula is C20H20N8Ru. The Labute approximate surface area is 181 Å². The van der Waals surface area contributed by atoms with Crippen LogP contribution in [0.25, 0.3) is 22.8 Å². The fourth-order valence-corrected chi connectivity index (χ4v) is 2.35. The van der Waals surface area contributed by atoms with E-state index in [1.54, 1.807) is 73.3 Å². The van der Waals surface area contributed by atoms with Gasteiger partial charge in [-0.3, -0.25) is 19.9 Å². The van der Waals surface area contributed by atoms with Crippen LogP contribution in [-0.2, 0) is 19.5 Å². The molecule has 0 aliphatic rings. The summed E-state index contributed by atoms with van der Waals surface area (Å²) in [7, 11) is 0. The molecule has 0 aliphatic heterocycles. The van der Waals surface area contributed by atoms with Gasteiger partial charge in [0.15, 0.2) is 0 Å². The molecule has 148 valence electrons. The quantitative estimate of drug-likeness (QED) is 0.324. The molecule has 0 spiro atoms. The second-order valence-corrected chi connectivity index (χ2v) is 5.90. The van der Waals surface area contributed by atoms with Gasteiger partial charge in [-0.2, -0.15) is 0 Å². The number of hydrogen-bond acceptors (Lipinski definition) is 8. The van der Waals surface area contributed by atoms with Gasteiger partial charge in [-0.1, -0.05) is 0 Å². The molecule has 0 fully saturated rings. The minimum atomic E-state index is 0. The van der Waals surface area contributed by atoms with Gasteiger partial charge in [0.2, 0.25) is 0 Å². The molecule has 4 aromatic rings. The first-order valence-electron chi connectivity index (χ1n) is 8.38. The van der Waals surface area contributed by atoms with Crippen molar-refractivity contribution in [3.05, 3.63) is 73.3 Å². The van der Waals surface area contributed by atoms with Crippen LogP contribution in [0.5, 0.6) is 0 Å². The molecule has 29 heavy (non-hydrogen) atoms. The Morgan fingerprint density at radius 2 is 0.621 bits per heavy atom. The molecule has 0 saturated heterocycles. The van der Waals surface area contributed by atoms with E-state index in [4.69, 9.17) is 22.9 Å². The fraction of sp³-hybridized carbons (Fsp3) is 0. The van der Waals surface area contributed by atoms with Crippen LogP contribution in [0, 0.1) is 0 Å². The van der Waals surface area contributed by atoms with Gasteiger partial charge in [0, 0.05) is 67.0 Å². The van der Waals surface area contributed by atoms with E-state index in [2.05, 4.69) is 19.9 Å². The molecule has 8 N–H and O–H groups in total. The molecule has 0 radical (unpaired) electrons. The van der Waals surface area contributed by atoms with Crippen LogP contribution >= 0.6 is 0 Å². The van der Waals surface area contributed by atoms with Crippen LogP contribution < -0.4 is 22.9 Å². The minimum Gasteiger partial charge on any atom is -0.399 e. The van der Waals surface area contributed by atoms with E-state index in [-0.39, 0.29) is 19.5 Å². The molecule has 0 unspecified atom stereocenters. The van der Waals surface area contributed by atoms with Crippen LogP contribution in [-0.4, -0.2) is 19.9 Å². The first-order chi connectivity index (χ1) is 13.5. The van der Waals surface area contributed by atoms with Crippen LogP contribution in [0.2, 0.25) is 0 Å². The SMILES string of the molecule is Nc1ccnc(-c2cc(N)ccn2)c1.Nc1ccnc(-c2cc(N)ccn2)c1.[Ru]. The molecule has 0 amide bonds. The summed E-state index contributed by atoms with van der Waals surface area (Å²) in [6.45, 7) is 0. The molecule has 4 aromatic heterocycles. The minimum absolute atomic E-state index is 0. The number of nitrogens with two attached hydrogens (primary N) is 4. The summed E-state index contributed by atoms with van der Waals surface area (Å²) < 4.78 is 0. The van der Waals surface area contributed by atoms with Crippen molar-refractivity contribution in [2.24, 2.45) is 0 Å². The molecule has 9 heteroatoms. The van der Waals surface area contributed by atoms with E-state index < -0.39 is 0 Å². The summed E-state index contributed by atoms with van der Waals surface area (Å²) in [4.78, 5) is 16.6. The van der Waals surface area contributed by atoms with Gasteiger partial charge < -0.3 is 22.9 Å². The number of hydrogen-bond donors (Lipinski definition) is 4. The normalized spacial score (nSPS) is 9.66. The number of aromatic nitrogens is 4. The molecule has 0 aromatic carbocycles. The Kier molecular flexibility index (Phi) is 7.57. The van der Waals surface area contributed by atoms with Crippen molar-refractivity contribution in [3.8, 4) is 22.8 Å². The Balaban J connectivity index is 0.000000200. The third-order valence-corrected chi connectivity index (χ3v) is 3.66. The molecule has 4 heterocycles. The van der Waals surface area contributed by atoms with Crippen molar-refractivity contribution in [1.29, 1.82) is 0 Å². The van der Waals surface area contributed by atoms with Gasteiger partial charge in [-0.05, 0) is 48.5 Å². The van der Waals surface area contributed by atoms with E-state index in [0.717, 1.165) is 22.8 Å². The van der Waals surface area contributed by atoms with Gasteiger partial charge in [-0.25, -0.2) is 0 Å². The zero-order valence-electron chi connectivity index (χ0n) is 15.4. The van der Waals surface area contributed by atoms with E-state index in [1.807, 2.05) is 0 Å². The number of pyridine rings is 4. The largest absolute Gasteiger partial charge is 0.399 e. The average Bonchev–Trinajstić information content (AvgIpc) is 2.69. The summed E-state index contributed by atoms with van der Waals surface area (Å²) in [5, 5.41) is 0. The summed E-state index contributed by atoms with van der Waals surface area (Å²) in [5.74, 6) is 0. The fourth-order valence-electron chi connectivity index (χ4n) is 2.35. The maximum absolute atomic E-state index is 5.63. The van der Waals surface area contributed by atoms with E-state index in [9.17, 15) is 0 Å². The molecule has 0 atom stereocenters. The summed E-state index contributed by atoms with van der Waals surface area (Å²) in [6, 6.07) is 14.0. The van der Waals surface area contributed by atoms with E-state index in [1.165, 1.54) is 0 Å². The van der Waals surface area contributed by atoms with Crippen molar-refractivity contribution in [2.75, 3.05) is 22.9 Å². The number of nitrogens with zero attached hydrogens (tertiary/aromatic N) is 4. The first-order valence-corrected chi connectivity index (χ1v) is 8.38. The van der Waals surface area contributed by atoms with Crippen LogP contribution in [0.4, 0.5) is 22.7 Å². The monoisotopic (exact) mass is 474 g/mol. The maximum atomic E-state index is 5.63. The van der Waals surface area contributed by atoms with Gasteiger partial charge in [0.25, 0.3) is 0 Å². The maximum Gasteiger partial charge on any atom is 0.0907 e. The summed E-state index contributed by atoms with van der Waals surface area (Å²) in [6.07, 6.45) is 6.59. The van der Waals surface area contributed by atoms with E-state index >= 15 is 0 Å². The Morgan fingerprint density at radius 3 is 0.793 bits per heavy atom. The molecule has 0 saturated carbocycles. The van der Waals surface area contributed by atoms with Gasteiger partial charge in [0.1, 0.15) is 0 Å². The van der Waals surface area contributed by atoms with Crippen LogP contribution in [0.3, 0.4) is 0 Å². The molecule has 0 bridgehead atoms. The molecule has 8 nitrogen and oxygen atoms in total. The Hall–Kier alpha value is -3.58. The molecular weight excluding hydrogens is 453 g/mol. The van der Waals surface area contributed by atoms with Crippen molar-refractivity contribution >= 4 is 22.7 Å². The number of anilines is 4. The zero-order chi connectivity index (χ0) is 19.9. The first kappa shape index (κ1) is 21.7. The van der Waals surface area contributed by atoms with Gasteiger partial charge >= 0.3 is 0 Å². The van der Waals surface area contributed by atoms with Crippen LogP contribution in [0.1, 0.15) is 0 Å². The number of nitrogen functional groups attached to an aromatic ring is 4. The zero-order valence-corrected chi connectivity index (χ0v) is 17.1. The second kappa shape index (κ2) is 10.1. The van der Waals surface area contributed by atoms with Crippen LogP contribution in [0.15, 0.2) is 73.3 Å². The predicted octanol–water partition coefficient (Wildman–Crippen LogP) is 2.61. The number of rotatable bonds is 2. The third-order valence-electron chi connectivity index (χ3n) is 3.66. The van der Waals surface area contributed by atoms with Crippen molar-refractivity contribution < 1.29 is 19.5 Å². The van der Waals surface area contributed by atoms with Gasteiger partial charge in [0.05, 0.1) is 22.8 Å². The van der Waals surface area contributed by atoms with E-state index in [0.29, 0.717) is 22.7 Å². The van der Waals surface area contributed by atoms with Crippen molar-refractivity contribution in [1.82, 2.24) is 19.9 Å². The summed E-state index contributed by atoms with van der Waals surface area (Å²) >= 11 is 0. The standard InChI is InChI=1S/2C10H10N4.Ru/c2*11-7-1-3-13-9(5-7)10-6-8(12)2-4-14-10;/h2*1-6H,(H2,11,13)(H2,12,14);. The van der Waals surface area contributed by atoms with Crippen molar-refractivity contribution in [3.63, 3.8) is 0 Å². The second-order valence-electron chi connectivity index (χ2n) is 5.90. The van der Waals surface area contributed by atoms with Crippen molar-refractivity contribution in [2.45, 2.75) is 0 Å². The molecule has 0 aliphatic carbocycles.